The molecule has 0 amide bonds. The highest BCUT2D eigenvalue weighted by Gasteiger charge is 2.63. The Kier molecular flexibility index (Phi) is 9.06. The van der Waals surface area contributed by atoms with Gasteiger partial charge in [-0.15, -0.1) is 0 Å². The highest BCUT2D eigenvalue weighted by molar-refractivity contribution is 5.67. The first kappa shape index (κ1) is 24.6. The van der Waals surface area contributed by atoms with Gasteiger partial charge in [0.25, 0.3) is 0 Å². The number of esters is 3. The first-order valence-corrected chi connectivity index (χ1v) is 10.5. The van der Waals surface area contributed by atoms with E-state index < -0.39 is 47.9 Å². The Hall–Kier alpha value is -1.71. The summed E-state index contributed by atoms with van der Waals surface area (Å²) in [6.45, 7) is 3.39. The van der Waals surface area contributed by atoms with E-state index in [1.54, 1.807) is 0 Å². The Morgan fingerprint density at radius 2 is 1.63 bits per heavy atom. The van der Waals surface area contributed by atoms with Gasteiger partial charge in [0, 0.05) is 33.8 Å². The van der Waals surface area contributed by atoms with Gasteiger partial charge in [0.1, 0.15) is 31.5 Å². The third kappa shape index (κ3) is 5.70. The largest absolute Gasteiger partial charge is 0.465 e. The fraction of sp³-hybridized carbons (Fsp3) is 0.857. The van der Waals surface area contributed by atoms with Crippen LogP contribution in [-0.4, -0.2) is 67.9 Å². The summed E-state index contributed by atoms with van der Waals surface area (Å²) in [6, 6.07) is 0. The zero-order valence-corrected chi connectivity index (χ0v) is 18.3. The molecule has 9 nitrogen and oxygen atoms in total. The molecule has 2 aliphatic rings. The minimum Gasteiger partial charge on any atom is -0.465 e. The second-order valence-corrected chi connectivity index (χ2v) is 8.12. The molecule has 2 rings (SSSR count). The Morgan fingerprint density at radius 3 is 2.20 bits per heavy atom. The molecule has 172 valence electrons. The molecule has 9 heteroatoms. The molecule has 0 spiro atoms. The summed E-state index contributed by atoms with van der Waals surface area (Å²) in [4.78, 5) is 34.9. The number of methoxy groups -OCH3 is 1. The van der Waals surface area contributed by atoms with E-state index in [1.807, 2.05) is 0 Å². The van der Waals surface area contributed by atoms with Crippen molar-refractivity contribution in [2.75, 3.05) is 20.3 Å². The van der Waals surface area contributed by atoms with Crippen molar-refractivity contribution in [1.29, 1.82) is 0 Å². The van der Waals surface area contributed by atoms with E-state index in [2.05, 4.69) is 0 Å². The van der Waals surface area contributed by atoms with Crippen molar-refractivity contribution in [3.05, 3.63) is 0 Å². The Labute approximate surface area is 177 Å². The molecular weight excluding hydrogens is 396 g/mol. The average Bonchev–Trinajstić information content (AvgIpc) is 2.98. The zero-order chi connectivity index (χ0) is 22.3. The van der Waals surface area contributed by atoms with Crippen molar-refractivity contribution in [3.63, 3.8) is 0 Å². The molecule has 1 N–H and O–H groups in total. The Bertz CT molecular complexity index is 607. The molecule has 1 saturated heterocycles. The Balaban J connectivity index is 2.53. The maximum absolute atomic E-state index is 11.8. The highest BCUT2D eigenvalue weighted by Crippen LogP contribution is 2.52. The maximum atomic E-state index is 11.8. The summed E-state index contributed by atoms with van der Waals surface area (Å²) in [7, 11) is 1.51. The SMILES string of the molecule is CO[C@H]1O[C@@H]2[C@@H](OC(C)=O)CCCCCC[C@H]1[C@@]2(COC(C)=O)[C@@H](O)COC(C)=O. The lowest BCUT2D eigenvalue weighted by Gasteiger charge is -2.43. The minimum atomic E-state index is -1.21. The van der Waals surface area contributed by atoms with Gasteiger partial charge < -0.3 is 28.8 Å². The molecule has 0 aromatic rings. The number of rotatable bonds is 7. The van der Waals surface area contributed by atoms with Crippen LogP contribution in [0, 0.1) is 11.3 Å². The first-order chi connectivity index (χ1) is 14.2. The van der Waals surface area contributed by atoms with Gasteiger partial charge in [0.15, 0.2) is 6.29 Å². The predicted octanol–water partition coefficient (Wildman–Crippen LogP) is 1.73. The van der Waals surface area contributed by atoms with Crippen LogP contribution < -0.4 is 0 Å². The van der Waals surface area contributed by atoms with Crippen LogP contribution in [-0.2, 0) is 38.1 Å². The Morgan fingerprint density at radius 1 is 1.00 bits per heavy atom. The van der Waals surface area contributed by atoms with Gasteiger partial charge >= 0.3 is 17.9 Å². The molecule has 2 fully saturated rings. The summed E-state index contributed by atoms with van der Waals surface area (Å²) in [6.07, 6.45) is 1.49. The first-order valence-electron chi connectivity index (χ1n) is 10.5. The third-order valence-electron chi connectivity index (χ3n) is 6.06. The lowest BCUT2D eigenvalue weighted by Crippen LogP contribution is -2.57. The van der Waals surface area contributed by atoms with E-state index in [4.69, 9.17) is 23.7 Å². The smallest absolute Gasteiger partial charge is 0.302 e. The van der Waals surface area contributed by atoms with E-state index in [1.165, 1.54) is 27.9 Å². The van der Waals surface area contributed by atoms with Gasteiger partial charge in [-0.1, -0.05) is 19.3 Å². The molecule has 0 aromatic carbocycles. The number of aliphatic hydroxyl groups is 1. The van der Waals surface area contributed by atoms with Crippen molar-refractivity contribution in [2.45, 2.75) is 83.9 Å². The normalized spacial score (nSPS) is 32.7. The molecular formula is C21H34O9. The number of carbonyl (C=O) groups excluding carboxylic acids is 3. The summed E-state index contributed by atoms with van der Waals surface area (Å²) < 4.78 is 27.9. The second kappa shape index (κ2) is 11.1. The maximum Gasteiger partial charge on any atom is 0.302 e. The average molecular weight is 430 g/mol. The molecule has 1 aliphatic carbocycles. The van der Waals surface area contributed by atoms with Gasteiger partial charge in [-0.05, 0) is 19.3 Å². The minimum absolute atomic E-state index is 0.169. The fourth-order valence-corrected chi connectivity index (χ4v) is 4.74. The van der Waals surface area contributed by atoms with E-state index in [0.29, 0.717) is 12.8 Å². The summed E-state index contributed by atoms with van der Waals surface area (Å²) in [5, 5.41) is 11.3. The van der Waals surface area contributed by atoms with Crippen LogP contribution in [0.1, 0.15) is 59.3 Å². The number of carbonyl (C=O) groups is 3. The molecule has 0 radical (unpaired) electrons. The van der Waals surface area contributed by atoms with Crippen LogP contribution >= 0.6 is 0 Å². The summed E-state index contributed by atoms with van der Waals surface area (Å²) in [5.41, 5.74) is -1.17. The van der Waals surface area contributed by atoms with E-state index in [9.17, 15) is 19.5 Å². The van der Waals surface area contributed by atoms with Crippen LogP contribution in [0.5, 0.6) is 0 Å². The van der Waals surface area contributed by atoms with Gasteiger partial charge in [-0.2, -0.15) is 0 Å². The molecule has 0 unspecified atom stereocenters. The highest BCUT2D eigenvalue weighted by atomic mass is 16.7. The molecule has 0 aromatic heterocycles. The number of hydrogen-bond donors (Lipinski definition) is 1. The monoisotopic (exact) mass is 430 g/mol. The second-order valence-electron chi connectivity index (χ2n) is 8.12. The van der Waals surface area contributed by atoms with Crippen molar-refractivity contribution in [1.82, 2.24) is 0 Å². The molecule has 2 bridgehead atoms. The van der Waals surface area contributed by atoms with Crippen molar-refractivity contribution in [2.24, 2.45) is 11.3 Å². The van der Waals surface area contributed by atoms with Gasteiger partial charge in [-0.3, -0.25) is 14.4 Å². The number of aliphatic hydroxyl groups excluding tert-OH is 1. The molecule has 1 saturated carbocycles. The number of hydrogen-bond acceptors (Lipinski definition) is 9. The lowest BCUT2D eigenvalue weighted by molar-refractivity contribution is -0.190. The lowest BCUT2D eigenvalue weighted by atomic mass is 9.65. The van der Waals surface area contributed by atoms with Gasteiger partial charge in [0.05, 0.1) is 5.41 Å². The van der Waals surface area contributed by atoms with Crippen LogP contribution in [0.2, 0.25) is 0 Å². The molecule has 30 heavy (non-hydrogen) atoms. The van der Waals surface area contributed by atoms with Crippen molar-refractivity contribution in [3.8, 4) is 0 Å². The standard InChI is InChI=1S/C21H34O9/c1-13(22)27-11-18(25)21(12-28-14(2)23)16-9-7-5-6-8-10-17(29-15(3)24)19(21)30-20(16)26-4/h16-20,25H,5-12H2,1-4H3/t16-,17+,18+,19-,20+,21+/m1/s1. The molecule has 6 atom stereocenters. The summed E-state index contributed by atoms with van der Waals surface area (Å²) in [5.74, 6) is -1.87. The van der Waals surface area contributed by atoms with Crippen molar-refractivity contribution < 1.29 is 43.2 Å². The zero-order valence-electron chi connectivity index (χ0n) is 18.3. The quantitative estimate of drug-likeness (QED) is 0.476. The molecule has 1 aliphatic heterocycles. The van der Waals surface area contributed by atoms with E-state index >= 15 is 0 Å². The van der Waals surface area contributed by atoms with Crippen LogP contribution in [0.4, 0.5) is 0 Å². The number of fused-ring (bicyclic) bond motifs is 2. The summed E-state index contributed by atoms with van der Waals surface area (Å²) >= 11 is 0. The van der Waals surface area contributed by atoms with Crippen LogP contribution in [0.25, 0.3) is 0 Å². The topological polar surface area (TPSA) is 118 Å². The van der Waals surface area contributed by atoms with E-state index in [0.717, 1.165) is 25.7 Å². The predicted molar refractivity (Wildman–Crippen MR) is 104 cm³/mol. The third-order valence-corrected chi connectivity index (χ3v) is 6.06. The number of ether oxygens (including phenoxy) is 5. The fourth-order valence-electron chi connectivity index (χ4n) is 4.74. The van der Waals surface area contributed by atoms with Crippen LogP contribution in [0.3, 0.4) is 0 Å². The van der Waals surface area contributed by atoms with Crippen LogP contribution in [0.15, 0.2) is 0 Å². The molecule has 1 heterocycles. The van der Waals surface area contributed by atoms with E-state index in [-0.39, 0.29) is 19.1 Å². The van der Waals surface area contributed by atoms with Crippen molar-refractivity contribution >= 4 is 17.9 Å². The van der Waals surface area contributed by atoms with Gasteiger partial charge in [0.2, 0.25) is 0 Å². The van der Waals surface area contributed by atoms with Gasteiger partial charge in [-0.25, -0.2) is 0 Å².